The molecule has 1 aromatic rings. The maximum atomic E-state index is 13.4. The molecule has 0 N–H and O–H groups in total. The van der Waals surface area contributed by atoms with E-state index in [1.807, 2.05) is 0 Å². The van der Waals surface area contributed by atoms with E-state index in [4.69, 9.17) is 0 Å². The predicted molar refractivity (Wildman–Crippen MR) is 60.1 cm³/mol. The van der Waals surface area contributed by atoms with Crippen LogP contribution >= 0.6 is 0 Å². The molecule has 0 amide bonds. The van der Waals surface area contributed by atoms with Crippen LogP contribution in [-0.2, 0) is 9.84 Å². The Hall–Kier alpha value is -1.50. The Balaban J connectivity index is 3.44. The van der Waals surface area contributed by atoms with Gasteiger partial charge in [-0.25, -0.2) is 8.42 Å². The first-order valence-corrected chi connectivity index (χ1v) is 6.62. The van der Waals surface area contributed by atoms with Gasteiger partial charge >= 0.3 is 5.69 Å². The Morgan fingerprint density at radius 2 is 2.00 bits per heavy atom. The van der Waals surface area contributed by atoms with E-state index in [9.17, 15) is 22.9 Å². The van der Waals surface area contributed by atoms with Crippen LogP contribution in [0.3, 0.4) is 0 Å². The lowest BCUT2D eigenvalue weighted by atomic mass is 10.2. The third-order valence-electron chi connectivity index (χ3n) is 2.24. The van der Waals surface area contributed by atoms with E-state index in [-0.39, 0.29) is 16.2 Å². The summed E-state index contributed by atoms with van der Waals surface area (Å²) in [7, 11) is -3.58. The van der Waals surface area contributed by atoms with Gasteiger partial charge in [-0.3, -0.25) is 10.1 Å². The van der Waals surface area contributed by atoms with Gasteiger partial charge in [-0.2, -0.15) is 4.39 Å². The first kappa shape index (κ1) is 13.6. The summed E-state index contributed by atoms with van der Waals surface area (Å²) in [6.45, 7) is 2.98. The Bertz CT molecular complexity index is 554. The summed E-state index contributed by atoms with van der Waals surface area (Å²) in [5.41, 5.74) is -0.853. The van der Waals surface area contributed by atoms with Crippen LogP contribution in [0.1, 0.15) is 18.9 Å². The molecule has 0 fully saturated rings. The van der Waals surface area contributed by atoms with E-state index in [2.05, 4.69) is 0 Å². The zero-order valence-electron chi connectivity index (χ0n) is 9.44. The van der Waals surface area contributed by atoms with Crippen molar-refractivity contribution in [1.82, 2.24) is 0 Å². The second-order valence-corrected chi connectivity index (χ2v) is 5.76. The summed E-state index contributed by atoms with van der Waals surface area (Å²) in [6, 6.07) is 1.89. The van der Waals surface area contributed by atoms with Crippen LogP contribution < -0.4 is 0 Å². The van der Waals surface area contributed by atoms with Crippen molar-refractivity contribution >= 4 is 15.5 Å². The molecule has 94 valence electrons. The van der Waals surface area contributed by atoms with Gasteiger partial charge in [0.25, 0.3) is 0 Å². The summed E-state index contributed by atoms with van der Waals surface area (Å²) < 4.78 is 36.8. The van der Waals surface area contributed by atoms with Crippen molar-refractivity contribution in [2.75, 3.05) is 5.75 Å². The average molecular weight is 261 g/mol. The fourth-order valence-corrected chi connectivity index (χ4v) is 2.84. The van der Waals surface area contributed by atoms with Gasteiger partial charge in [0.05, 0.1) is 15.6 Å². The molecule has 0 radical (unpaired) electrons. The summed E-state index contributed by atoms with van der Waals surface area (Å²) in [4.78, 5) is 9.45. The number of hydrogen-bond acceptors (Lipinski definition) is 4. The molecule has 0 aliphatic heterocycles. The maximum absolute atomic E-state index is 13.4. The molecule has 1 rings (SSSR count). The first-order chi connectivity index (χ1) is 7.79. The van der Waals surface area contributed by atoms with Crippen LogP contribution in [0.25, 0.3) is 0 Å². The molecular formula is C10H12FNO4S. The number of rotatable bonds is 4. The SMILES string of the molecule is CCCS(=O)(=O)c1cc(C)c(F)c([N+](=O)[O-])c1. The molecule has 5 nitrogen and oxygen atoms in total. The van der Waals surface area contributed by atoms with E-state index in [1.165, 1.54) is 6.92 Å². The van der Waals surface area contributed by atoms with Crippen LogP contribution in [0.15, 0.2) is 17.0 Å². The van der Waals surface area contributed by atoms with Gasteiger partial charge in [-0.15, -0.1) is 0 Å². The van der Waals surface area contributed by atoms with E-state index in [0.717, 1.165) is 12.1 Å². The van der Waals surface area contributed by atoms with Gasteiger partial charge in [-0.05, 0) is 25.0 Å². The minimum atomic E-state index is -3.58. The molecule has 0 saturated heterocycles. The van der Waals surface area contributed by atoms with Crippen molar-refractivity contribution in [3.8, 4) is 0 Å². The van der Waals surface area contributed by atoms with E-state index < -0.39 is 26.3 Å². The summed E-state index contributed by atoms with van der Waals surface area (Å²) in [5, 5.41) is 10.6. The smallest absolute Gasteiger partial charge is 0.258 e. The Labute approximate surface area is 98.3 Å². The lowest BCUT2D eigenvalue weighted by molar-refractivity contribution is -0.387. The van der Waals surface area contributed by atoms with Gasteiger partial charge in [0.2, 0.25) is 5.82 Å². The van der Waals surface area contributed by atoms with Gasteiger partial charge in [0, 0.05) is 6.07 Å². The second kappa shape index (κ2) is 4.79. The van der Waals surface area contributed by atoms with Gasteiger partial charge < -0.3 is 0 Å². The maximum Gasteiger partial charge on any atom is 0.306 e. The summed E-state index contributed by atoms with van der Waals surface area (Å²) in [5.74, 6) is -1.11. The number of hydrogen-bond donors (Lipinski definition) is 0. The highest BCUT2D eigenvalue weighted by Gasteiger charge is 2.23. The van der Waals surface area contributed by atoms with E-state index in [0.29, 0.717) is 6.42 Å². The van der Waals surface area contributed by atoms with Crippen molar-refractivity contribution in [1.29, 1.82) is 0 Å². The van der Waals surface area contributed by atoms with Crippen molar-refractivity contribution < 1.29 is 17.7 Å². The Kier molecular flexibility index (Phi) is 3.82. The first-order valence-electron chi connectivity index (χ1n) is 4.97. The third kappa shape index (κ3) is 2.79. The molecule has 0 aromatic heterocycles. The molecule has 0 spiro atoms. The second-order valence-electron chi connectivity index (χ2n) is 3.65. The van der Waals surface area contributed by atoms with Gasteiger partial charge in [0.1, 0.15) is 0 Å². The molecule has 0 bridgehead atoms. The molecule has 0 unspecified atom stereocenters. The number of benzene rings is 1. The standard InChI is InChI=1S/C10H12FNO4S/c1-3-4-17(15,16)8-5-7(2)10(11)9(6-8)12(13)14/h5-6H,3-4H2,1-2H3. The quantitative estimate of drug-likeness (QED) is 0.473. The lowest BCUT2D eigenvalue weighted by Gasteiger charge is -2.05. The minimum absolute atomic E-state index is 0.0473. The molecule has 7 heteroatoms. The Morgan fingerprint density at radius 1 is 1.41 bits per heavy atom. The highest BCUT2D eigenvalue weighted by atomic mass is 32.2. The molecule has 1 aromatic carbocycles. The molecule has 0 aliphatic rings. The van der Waals surface area contributed by atoms with Crippen LogP contribution in [0, 0.1) is 22.9 Å². The van der Waals surface area contributed by atoms with Crippen molar-refractivity contribution in [2.45, 2.75) is 25.2 Å². The zero-order chi connectivity index (χ0) is 13.2. The number of nitro groups is 1. The predicted octanol–water partition coefficient (Wildman–Crippen LogP) is 2.23. The number of aryl methyl sites for hydroxylation is 1. The van der Waals surface area contributed by atoms with Crippen LogP contribution in [0.2, 0.25) is 0 Å². The number of halogens is 1. The summed E-state index contributed by atoms with van der Waals surface area (Å²) in [6.07, 6.45) is 0.395. The van der Waals surface area contributed by atoms with Crippen molar-refractivity contribution in [3.63, 3.8) is 0 Å². The molecule has 0 heterocycles. The molecule has 17 heavy (non-hydrogen) atoms. The minimum Gasteiger partial charge on any atom is -0.258 e. The van der Waals surface area contributed by atoms with E-state index in [1.54, 1.807) is 6.92 Å². The number of nitro benzene ring substituents is 1. The highest BCUT2D eigenvalue weighted by molar-refractivity contribution is 7.91. The number of sulfone groups is 1. The van der Waals surface area contributed by atoms with Crippen molar-refractivity contribution in [3.05, 3.63) is 33.6 Å². The fourth-order valence-electron chi connectivity index (χ4n) is 1.42. The molecule has 0 saturated carbocycles. The van der Waals surface area contributed by atoms with Crippen molar-refractivity contribution in [2.24, 2.45) is 0 Å². The van der Waals surface area contributed by atoms with Crippen LogP contribution in [0.5, 0.6) is 0 Å². The zero-order valence-corrected chi connectivity index (χ0v) is 10.3. The molecule has 0 aliphatic carbocycles. The lowest BCUT2D eigenvalue weighted by Crippen LogP contribution is -2.08. The fraction of sp³-hybridized carbons (Fsp3) is 0.400. The average Bonchev–Trinajstić information content (AvgIpc) is 2.21. The van der Waals surface area contributed by atoms with Gasteiger partial charge in [-0.1, -0.05) is 6.92 Å². The van der Waals surface area contributed by atoms with Gasteiger partial charge in [0.15, 0.2) is 9.84 Å². The topological polar surface area (TPSA) is 77.3 Å². The molecular weight excluding hydrogens is 249 g/mol. The number of nitrogens with zero attached hydrogens (tertiary/aromatic N) is 1. The normalized spacial score (nSPS) is 11.5. The monoisotopic (exact) mass is 261 g/mol. The Morgan fingerprint density at radius 3 is 2.47 bits per heavy atom. The highest BCUT2D eigenvalue weighted by Crippen LogP contribution is 2.25. The van der Waals surface area contributed by atoms with Crippen LogP contribution in [-0.4, -0.2) is 19.1 Å². The van der Waals surface area contributed by atoms with Crippen LogP contribution in [0.4, 0.5) is 10.1 Å². The van der Waals surface area contributed by atoms with E-state index >= 15 is 0 Å². The largest absolute Gasteiger partial charge is 0.306 e. The third-order valence-corrected chi connectivity index (χ3v) is 4.14. The summed E-state index contributed by atoms with van der Waals surface area (Å²) >= 11 is 0. The molecule has 0 atom stereocenters.